The van der Waals surface area contributed by atoms with Gasteiger partial charge in [-0.15, -0.1) is 0 Å². The van der Waals surface area contributed by atoms with Crippen LogP contribution in [0.4, 0.5) is 11.4 Å². The molecule has 106 valence electrons. The number of rotatable bonds is 4. The highest BCUT2D eigenvalue weighted by Gasteiger charge is 2.21. The van der Waals surface area contributed by atoms with Crippen molar-refractivity contribution in [3.63, 3.8) is 0 Å². The van der Waals surface area contributed by atoms with Gasteiger partial charge in [0.1, 0.15) is 0 Å². The Morgan fingerprint density at radius 3 is 2.32 bits per heavy atom. The summed E-state index contributed by atoms with van der Waals surface area (Å²) < 4.78 is 24.7. The van der Waals surface area contributed by atoms with E-state index in [2.05, 4.69) is 10.0 Å². The second-order valence-corrected chi connectivity index (χ2v) is 6.83. The minimum Gasteiger partial charge on any atom is -0.324 e. The third-order valence-corrected chi connectivity index (χ3v) is 2.96. The van der Waals surface area contributed by atoms with Crippen molar-refractivity contribution in [3.8, 4) is 0 Å². The summed E-state index contributed by atoms with van der Waals surface area (Å²) in [4.78, 5) is 11.7. The highest BCUT2D eigenvalue weighted by molar-refractivity contribution is 7.92. The Kier molecular flexibility index (Phi) is 4.21. The number of anilines is 2. The number of hydrogen-bond donors (Lipinski definition) is 3. The van der Waals surface area contributed by atoms with Crippen LogP contribution in [0.15, 0.2) is 18.2 Å². The Hall–Kier alpha value is -1.60. The molecule has 0 atom stereocenters. The molecule has 6 nitrogen and oxygen atoms in total. The summed E-state index contributed by atoms with van der Waals surface area (Å²) in [6, 6.07) is 4.89. The van der Waals surface area contributed by atoms with Gasteiger partial charge in [0, 0.05) is 5.69 Å². The Morgan fingerprint density at radius 2 is 1.89 bits per heavy atom. The van der Waals surface area contributed by atoms with Crippen LogP contribution in [0.5, 0.6) is 0 Å². The molecule has 0 heterocycles. The number of carbonyl (C=O) groups is 1. The topological polar surface area (TPSA) is 101 Å². The number of hydrogen-bond acceptors (Lipinski definition) is 4. The highest BCUT2D eigenvalue weighted by Crippen LogP contribution is 2.21. The lowest BCUT2D eigenvalue weighted by molar-refractivity contribution is -0.120. The minimum absolute atomic E-state index is 0.310. The van der Waals surface area contributed by atoms with Crippen LogP contribution in [0.2, 0.25) is 0 Å². The van der Waals surface area contributed by atoms with E-state index >= 15 is 0 Å². The maximum absolute atomic E-state index is 11.7. The Labute approximate surface area is 113 Å². The second-order valence-electron chi connectivity index (χ2n) is 5.08. The van der Waals surface area contributed by atoms with E-state index in [1.807, 2.05) is 0 Å². The van der Waals surface area contributed by atoms with Gasteiger partial charge in [-0.3, -0.25) is 9.52 Å². The van der Waals surface area contributed by atoms with E-state index in [9.17, 15) is 13.2 Å². The zero-order chi connectivity index (χ0) is 14.8. The number of aryl methyl sites for hydroxylation is 1. The molecule has 0 unspecified atom stereocenters. The third kappa shape index (κ3) is 4.88. The van der Waals surface area contributed by atoms with E-state index in [1.54, 1.807) is 39.0 Å². The first-order chi connectivity index (χ1) is 8.49. The second kappa shape index (κ2) is 5.18. The minimum atomic E-state index is -3.32. The van der Waals surface area contributed by atoms with Crippen molar-refractivity contribution in [2.75, 3.05) is 16.3 Å². The number of benzene rings is 1. The molecule has 0 saturated heterocycles. The highest BCUT2D eigenvalue weighted by atomic mass is 32.2. The Balaban J connectivity index is 2.92. The van der Waals surface area contributed by atoms with Gasteiger partial charge in [0.25, 0.3) is 0 Å². The monoisotopic (exact) mass is 285 g/mol. The fraction of sp³-hybridized carbons (Fsp3) is 0.417. The van der Waals surface area contributed by atoms with E-state index in [0.717, 1.165) is 6.26 Å². The van der Waals surface area contributed by atoms with E-state index in [-0.39, 0.29) is 5.91 Å². The number of amides is 1. The van der Waals surface area contributed by atoms with E-state index < -0.39 is 15.6 Å². The fourth-order valence-corrected chi connectivity index (χ4v) is 1.98. The number of carbonyl (C=O) groups excluding carboxylic acids is 1. The third-order valence-electron chi connectivity index (χ3n) is 2.36. The zero-order valence-electron chi connectivity index (χ0n) is 11.4. The normalized spacial score (nSPS) is 12.1. The van der Waals surface area contributed by atoms with Crippen molar-refractivity contribution in [1.82, 2.24) is 0 Å². The smallest absolute Gasteiger partial charge is 0.243 e. The van der Waals surface area contributed by atoms with Crippen molar-refractivity contribution in [2.45, 2.75) is 26.3 Å². The lowest BCUT2D eigenvalue weighted by Gasteiger charge is -2.18. The summed E-state index contributed by atoms with van der Waals surface area (Å²) in [5, 5.41) is 2.67. The molecule has 1 rings (SSSR count). The lowest BCUT2D eigenvalue weighted by atomic mass is 10.1. The van der Waals surface area contributed by atoms with Crippen LogP contribution in [-0.4, -0.2) is 26.1 Å². The van der Waals surface area contributed by atoms with E-state index in [1.165, 1.54) is 0 Å². The van der Waals surface area contributed by atoms with Gasteiger partial charge in [-0.25, -0.2) is 8.42 Å². The average molecular weight is 285 g/mol. The van der Waals surface area contributed by atoms with Gasteiger partial charge in [0.05, 0.1) is 17.5 Å². The average Bonchev–Trinajstić information content (AvgIpc) is 2.19. The first-order valence-corrected chi connectivity index (χ1v) is 7.57. The number of sulfonamides is 1. The van der Waals surface area contributed by atoms with Gasteiger partial charge >= 0.3 is 0 Å². The largest absolute Gasteiger partial charge is 0.324 e. The molecule has 4 N–H and O–H groups in total. The summed E-state index contributed by atoms with van der Waals surface area (Å²) in [6.45, 7) is 4.96. The number of nitrogens with one attached hydrogen (secondary N) is 2. The molecule has 0 aliphatic carbocycles. The molecule has 1 amide bonds. The molecule has 1 aromatic carbocycles. The van der Waals surface area contributed by atoms with Crippen molar-refractivity contribution >= 4 is 27.3 Å². The molecule has 0 aliphatic rings. The molecule has 1 aromatic rings. The molecule has 0 bridgehead atoms. The summed E-state index contributed by atoms with van der Waals surface area (Å²) in [7, 11) is -3.32. The Morgan fingerprint density at radius 1 is 1.32 bits per heavy atom. The van der Waals surface area contributed by atoms with Crippen molar-refractivity contribution in [3.05, 3.63) is 23.8 Å². The molecular weight excluding hydrogens is 266 g/mol. The summed E-state index contributed by atoms with van der Waals surface area (Å²) in [5.41, 5.74) is 6.45. The van der Waals surface area contributed by atoms with Crippen molar-refractivity contribution in [2.24, 2.45) is 5.73 Å². The van der Waals surface area contributed by atoms with Gasteiger partial charge in [-0.2, -0.15) is 0 Å². The Bertz CT molecular complexity index is 589. The van der Waals surface area contributed by atoms with Crippen LogP contribution in [0, 0.1) is 6.92 Å². The molecule has 7 heteroatoms. The maximum Gasteiger partial charge on any atom is 0.243 e. The fourth-order valence-electron chi connectivity index (χ4n) is 1.35. The van der Waals surface area contributed by atoms with Crippen LogP contribution in [0.1, 0.15) is 19.4 Å². The van der Waals surface area contributed by atoms with Crippen LogP contribution in [0.3, 0.4) is 0 Å². The molecule has 0 radical (unpaired) electrons. The van der Waals surface area contributed by atoms with E-state index in [0.29, 0.717) is 16.9 Å². The van der Waals surface area contributed by atoms with Crippen LogP contribution in [0.25, 0.3) is 0 Å². The quantitative estimate of drug-likeness (QED) is 0.769. The first-order valence-electron chi connectivity index (χ1n) is 5.68. The van der Waals surface area contributed by atoms with Gasteiger partial charge in [-0.1, -0.05) is 0 Å². The van der Waals surface area contributed by atoms with Crippen molar-refractivity contribution < 1.29 is 13.2 Å². The van der Waals surface area contributed by atoms with Gasteiger partial charge < -0.3 is 11.1 Å². The van der Waals surface area contributed by atoms with Gasteiger partial charge in [0.15, 0.2) is 0 Å². The lowest BCUT2D eigenvalue weighted by Crippen LogP contribution is -2.45. The summed E-state index contributed by atoms with van der Waals surface area (Å²) in [6.07, 6.45) is 1.08. The first kappa shape index (κ1) is 15.5. The van der Waals surface area contributed by atoms with Gasteiger partial charge in [-0.05, 0) is 44.5 Å². The molecule has 0 aromatic heterocycles. The molecule has 0 fully saturated rings. The number of nitrogens with two attached hydrogens (primary N) is 1. The predicted molar refractivity (Wildman–Crippen MR) is 76.5 cm³/mol. The maximum atomic E-state index is 11.7. The molecule has 19 heavy (non-hydrogen) atoms. The van der Waals surface area contributed by atoms with Crippen LogP contribution >= 0.6 is 0 Å². The SMILES string of the molecule is Cc1cc(NC(=O)C(C)(C)N)ccc1NS(C)(=O)=O. The molecule has 0 aliphatic heterocycles. The van der Waals surface area contributed by atoms with Crippen LogP contribution in [-0.2, 0) is 14.8 Å². The predicted octanol–water partition coefficient (Wildman–Crippen LogP) is 1.04. The zero-order valence-corrected chi connectivity index (χ0v) is 12.3. The summed E-state index contributed by atoms with van der Waals surface area (Å²) in [5.74, 6) is -0.310. The molecule has 0 saturated carbocycles. The summed E-state index contributed by atoms with van der Waals surface area (Å²) >= 11 is 0. The molecular formula is C12H19N3O3S. The van der Waals surface area contributed by atoms with Crippen LogP contribution < -0.4 is 15.8 Å². The van der Waals surface area contributed by atoms with E-state index in [4.69, 9.17) is 5.73 Å². The van der Waals surface area contributed by atoms with Crippen molar-refractivity contribution in [1.29, 1.82) is 0 Å². The standard InChI is InChI=1S/C12H19N3O3S/c1-8-7-9(14-11(16)12(2,3)13)5-6-10(8)15-19(4,17)18/h5-7,15H,13H2,1-4H3,(H,14,16). The molecule has 0 spiro atoms. The van der Waals surface area contributed by atoms with Gasteiger partial charge in [0.2, 0.25) is 15.9 Å².